The Balaban J connectivity index is 1.44. The normalized spacial score (nSPS) is 16.9. The zero-order chi connectivity index (χ0) is 19.7. The Labute approximate surface area is 172 Å². The number of halogens is 1. The second-order valence-corrected chi connectivity index (χ2v) is 8.49. The van der Waals surface area contributed by atoms with Crippen molar-refractivity contribution in [1.82, 2.24) is 9.88 Å². The third-order valence-corrected chi connectivity index (χ3v) is 6.21. The molecule has 1 saturated heterocycles. The number of hydrogen-bond donors (Lipinski definition) is 1. The van der Waals surface area contributed by atoms with Crippen LogP contribution in [-0.4, -0.2) is 34.8 Å². The molecular formula is C21H20ClN3O2S. The first kappa shape index (κ1) is 18.9. The SMILES string of the molecule is Cc1cccc2sc(NC(=O)C3CCCN(C(=O)c4ccc(Cl)cc4)C3)nc12. The smallest absolute Gasteiger partial charge is 0.253 e. The summed E-state index contributed by atoms with van der Waals surface area (Å²) < 4.78 is 1.05. The minimum atomic E-state index is -0.238. The summed E-state index contributed by atoms with van der Waals surface area (Å²) in [5.74, 6) is -0.381. The van der Waals surface area contributed by atoms with Crippen LogP contribution in [0.2, 0.25) is 5.02 Å². The van der Waals surface area contributed by atoms with Gasteiger partial charge in [-0.2, -0.15) is 0 Å². The van der Waals surface area contributed by atoms with Gasteiger partial charge >= 0.3 is 0 Å². The molecule has 0 radical (unpaired) electrons. The molecule has 28 heavy (non-hydrogen) atoms. The highest BCUT2D eigenvalue weighted by molar-refractivity contribution is 7.22. The number of aryl methyl sites for hydroxylation is 1. The van der Waals surface area contributed by atoms with E-state index >= 15 is 0 Å². The Morgan fingerprint density at radius 2 is 2.00 bits per heavy atom. The maximum absolute atomic E-state index is 12.8. The molecule has 1 aliphatic rings. The second-order valence-electron chi connectivity index (χ2n) is 7.03. The lowest BCUT2D eigenvalue weighted by Gasteiger charge is -2.32. The largest absolute Gasteiger partial charge is 0.338 e. The van der Waals surface area contributed by atoms with Gasteiger partial charge in [0.2, 0.25) is 5.91 Å². The Morgan fingerprint density at radius 3 is 2.75 bits per heavy atom. The Bertz CT molecular complexity index is 1030. The molecule has 0 bridgehead atoms. The number of rotatable bonds is 3. The van der Waals surface area contributed by atoms with Crippen LogP contribution in [0.3, 0.4) is 0 Å². The predicted molar refractivity (Wildman–Crippen MR) is 113 cm³/mol. The van der Waals surface area contributed by atoms with Crippen molar-refractivity contribution in [3.05, 3.63) is 58.6 Å². The number of likely N-dealkylation sites (tertiary alicyclic amines) is 1. The summed E-state index contributed by atoms with van der Waals surface area (Å²) >= 11 is 7.37. The first-order chi connectivity index (χ1) is 13.5. The minimum Gasteiger partial charge on any atom is -0.338 e. The van der Waals surface area contributed by atoms with E-state index in [4.69, 9.17) is 11.6 Å². The van der Waals surface area contributed by atoms with Crippen molar-refractivity contribution in [1.29, 1.82) is 0 Å². The molecule has 2 aromatic carbocycles. The van der Waals surface area contributed by atoms with Crippen molar-refractivity contribution in [2.24, 2.45) is 5.92 Å². The summed E-state index contributed by atoms with van der Waals surface area (Å²) in [5.41, 5.74) is 2.60. The van der Waals surface area contributed by atoms with Crippen molar-refractivity contribution in [2.75, 3.05) is 18.4 Å². The first-order valence-electron chi connectivity index (χ1n) is 9.23. The number of nitrogens with one attached hydrogen (secondary N) is 1. The Hall–Kier alpha value is -2.44. The maximum Gasteiger partial charge on any atom is 0.253 e. The number of nitrogens with zero attached hydrogens (tertiary/aromatic N) is 2. The molecule has 1 atom stereocenters. The van der Waals surface area contributed by atoms with E-state index in [-0.39, 0.29) is 17.7 Å². The van der Waals surface area contributed by atoms with E-state index in [0.29, 0.717) is 28.8 Å². The molecule has 1 fully saturated rings. The standard InChI is InChI=1S/C21H20ClN3O2S/c1-13-4-2-6-17-18(13)23-21(28-17)24-19(26)15-5-3-11-25(12-15)20(27)14-7-9-16(22)10-8-14/h2,4,6-10,15H,3,5,11-12H2,1H3,(H,23,24,26). The molecule has 1 unspecified atom stereocenters. The number of aromatic nitrogens is 1. The van der Waals surface area contributed by atoms with E-state index in [1.54, 1.807) is 29.2 Å². The molecule has 7 heteroatoms. The van der Waals surface area contributed by atoms with Gasteiger partial charge in [-0.25, -0.2) is 4.98 Å². The summed E-state index contributed by atoms with van der Waals surface area (Å²) in [6.07, 6.45) is 1.57. The fourth-order valence-electron chi connectivity index (χ4n) is 3.50. The van der Waals surface area contributed by atoms with Gasteiger partial charge in [-0.15, -0.1) is 0 Å². The summed E-state index contributed by atoms with van der Waals surface area (Å²) in [7, 11) is 0. The molecular weight excluding hydrogens is 394 g/mol. The van der Waals surface area contributed by atoms with Gasteiger partial charge in [0, 0.05) is 23.7 Å². The highest BCUT2D eigenvalue weighted by Crippen LogP contribution is 2.29. The summed E-state index contributed by atoms with van der Waals surface area (Å²) in [5, 5.41) is 4.15. The molecule has 0 aliphatic carbocycles. The highest BCUT2D eigenvalue weighted by atomic mass is 35.5. The lowest BCUT2D eigenvalue weighted by atomic mass is 9.96. The molecule has 144 valence electrons. The quantitative estimate of drug-likeness (QED) is 0.674. The van der Waals surface area contributed by atoms with Gasteiger partial charge in [-0.05, 0) is 55.7 Å². The zero-order valence-corrected chi connectivity index (χ0v) is 17.0. The number of piperidine rings is 1. The molecule has 5 nitrogen and oxygen atoms in total. The van der Waals surface area contributed by atoms with Crippen LogP contribution in [-0.2, 0) is 4.79 Å². The molecule has 4 rings (SSSR count). The van der Waals surface area contributed by atoms with Crippen LogP contribution in [0.25, 0.3) is 10.2 Å². The lowest BCUT2D eigenvalue weighted by Crippen LogP contribution is -2.43. The highest BCUT2D eigenvalue weighted by Gasteiger charge is 2.29. The fraction of sp³-hybridized carbons (Fsp3) is 0.286. The monoisotopic (exact) mass is 413 g/mol. The lowest BCUT2D eigenvalue weighted by molar-refractivity contribution is -0.121. The molecule has 1 N–H and O–H groups in total. The average Bonchev–Trinajstić information content (AvgIpc) is 3.12. The molecule has 0 saturated carbocycles. The van der Waals surface area contributed by atoms with Crippen LogP contribution in [0.5, 0.6) is 0 Å². The van der Waals surface area contributed by atoms with E-state index in [2.05, 4.69) is 10.3 Å². The third-order valence-electron chi connectivity index (χ3n) is 5.02. The summed E-state index contributed by atoms with van der Waals surface area (Å²) in [6, 6.07) is 12.9. The van der Waals surface area contributed by atoms with Crippen LogP contribution in [0, 0.1) is 12.8 Å². The van der Waals surface area contributed by atoms with Crippen molar-refractivity contribution in [2.45, 2.75) is 19.8 Å². The molecule has 1 aliphatic heterocycles. The van der Waals surface area contributed by atoms with Gasteiger partial charge < -0.3 is 10.2 Å². The predicted octanol–water partition coefficient (Wildman–Crippen LogP) is 4.75. The fourth-order valence-corrected chi connectivity index (χ4v) is 4.57. The van der Waals surface area contributed by atoms with Crippen LogP contribution in [0.15, 0.2) is 42.5 Å². The van der Waals surface area contributed by atoms with Crippen molar-refractivity contribution >= 4 is 50.1 Å². The topological polar surface area (TPSA) is 62.3 Å². The molecule has 2 heterocycles. The van der Waals surface area contributed by atoms with E-state index in [0.717, 1.165) is 28.6 Å². The van der Waals surface area contributed by atoms with Crippen molar-refractivity contribution in [3.63, 3.8) is 0 Å². The van der Waals surface area contributed by atoms with Crippen molar-refractivity contribution < 1.29 is 9.59 Å². The van der Waals surface area contributed by atoms with Gasteiger partial charge in [0.15, 0.2) is 5.13 Å². The van der Waals surface area contributed by atoms with Gasteiger partial charge in [0.25, 0.3) is 5.91 Å². The van der Waals surface area contributed by atoms with Crippen LogP contribution < -0.4 is 5.32 Å². The van der Waals surface area contributed by atoms with E-state index in [1.165, 1.54) is 11.3 Å². The zero-order valence-electron chi connectivity index (χ0n) is 15.4. The van der Waals surface area contributed by atoms with Crippen LogP contribution in [0.1, 0.15) is 28.8 Å². The number of carbonyl (C=O) groups excluding carboxylic acids is 2. The number of anilines is 1. The Kier molecular flexibility index (Phi) is 5.33. The first-order valence-corrected chi connectivity index (χ1v) is 10.4. The van der Waals surface area contributed by atoms with Gasteiger partial charge in [0.1, 0.15) is 0 Å². The summed E-state index contributed by atoms with van der Waals surface area (Å²) in [4.78, 5) is 31.8. The number of thiazole rings is 1. The number of para-hydroxylation sites is 1. The van der Waals surface area contributed by atoms with E-state index in [9.17, 15) is 9.59 Å². The van der Waals surface area contributed by atoms with E-state index < -0.39 is 0 Å². The molecule has 3 aromatic rings. The number of amides is 2. The maximum atomic E-state index is 12.8. The van der Waals surface area contributed by atoms with Crippen LogP contribution >= 0.6 is 22.9 Å². The number of fused-ring (bicyclic) bond motifs is 1. The number of carbonyl (C=O) groups is 2. The van der Waals surface area contributed by atoms with E-state index in [1.807, 2.05) is 25.1 Å². The Morgan fingerprint density at radius 1 is 1.21 bits per heavy atom. The third kappa shape index (κ3) is 3.88. The second kappa shape index (κ2) is 7.89. The number of benzene rings is 2. The molecule has 0 spiro atoms. The van der Waals surface area contributed by atoms with Gasteiger partial charge in [-0.1, -0.05) is 35.1 Å². The number of hydrogen-bond acceptors (Lipinski definition) is 4. The molecule has 2 amide bonds. The van der Waals surface area contributed by atoms with Crippen molar-refractivity contribution in [3.8, 4) is 0 Å². The molecule has 1 aromatic heterocycles. The summed E-state index contributed by atoms with van der Waals surface area (Å²) in [6.45, 7) is 3.08. The van der Waals surface area contributed by atoms with Gasteiger partial charge in [-0.3, -0.25) is 9.59 Å². The average molecular weight is 414 g/mol. The van der Waals surface area contributed by atoms with Crippen LogP contribution in [0.4, 0.5) is 5.13 Å². The minimum absolute atomic E-state index is 0.0650. The van der Waals surface area contributed by atoms with Gasteiger partial charge in [0.05, 0.1) is 16.1 Å².